The van der Waals surface area contributed by atoms with Gasteiger partial charge in [-0.25, -0.2) is 0 Å². The second-order valence-corrected chi connectivity index (χ2v) is 5.65. The lowest BCUT2D eigenvalue weighted by atomic mass is 10.1. The molecule has 1 heterocycles. The molecule has 2 rings (SSSR count). The molecule has 0 atom stereocenters. The highest BCUT2D eigenvalue weighted by atomic mass is 16.5. The van der Waals surface area contributed by atoms with E-state index < -0.39 is 0 Å². The van der Waals surface area contributed by atoms with Crippen LogP contribution in [0.25, 0.3) is 10.9 Å². The van der Waals surface area contributed by atoms with Gasteiger partial charge in [-0.1, -0.05) is 12.1 Å². The van der Waals surface area contributed by atoms with Crippen LogP contribution in [0.2, 0.25) is 0 Å². The Labute approximate surface area is 115 Å². The van der Waals surface area contributed by atoms with Gasteiger partial charge in [0, 0.05) is 31.9 Å². The van der Waals surface area contributed by atoms with Crippen LogP contribution in [0.15, 0.2) is 30.5 Å². The van der Waals surface area contributed by atoms with Gasteiger partial charge in [0.1, 0.15) is 0 Å². The summed E-state index contributed by atoms with van der Waals surface area (Å²) in [6.07, 6.45) is 3.17. The average Bonchev–Trinajstić information content (AvgIpc) is 2.79. The van der Waals surface area contributed by atoms with Crippen molar-refractivity contribution in [2.24, 2.45) is 0 Å². The number of benzene rings is 1. The Balaban J connectivity index is 2.21. The topological polar surface area (TPSA) is 26.2 Å². The Bertz CT molecular complexity index is 543. The second-order valence-electron chi connectivity index (χ2n) is 5.65. The number of nitrogens with zero attached hydrogens (tertiary/aromatic N) is 1. The number of hydrogen-bond donors (Lipinski definition) is 1. The fourth-order valence-electron chi connectivity index (χ4n) is 2.23. The number of hydrogen-bond acceptors (Lipinski definition) is 2. The molecule has 0 saturated carbocycles. The van der Waals surface area contributed by atoms with Gasteiger partial charge in [-0.2, -0.15) is 0 Å². The Hall–Kier alpha value is -1.32. The molecule has 0 aliphatic heterocycles. The summed E-state index contributed by atoms with van der Waals surface area (Å²) in [4.78, 5) is 0. The first-order valence-corrected chi connectivity index (χ1v) is 6.83. The van der Waals surface area contributed by atoms with Crippen LogP contribution >= 0.6 is 0 Å². The van der Waals surface area contributed by atoms with Crippen molar-refractivity contribution in [1.82, 2.24) is 9.88 Å². The van der Waals surface area contributed by atoms with Crippen molar-refractivity contribution >= 4 is 10.9 Å². The summed E-state index contributed by atoms with van der Waals surface area (Å²) in [6.45, 7) is 6.15. The molecule has 0 bridgehead atoms. The van der Waals surface area contributed by atoms with Crippen molar-refractivity contribution in [1.29, 1.82) is 0 Å². The first-order chi connectivity index (χ1) is 9.05. The van der Waals surface area contributed by atoms with Crippen molar-refractivity contribution in [2.45, 2.75) is 39.0 Å². The smallest absolute Gasteiger partial charge is 0.0639 e. The zero-order valence-corrected chi connectivity index (χ0v) is 12.4. The Kier molecular flexibility index (Phi) is 4.27. The number of aryl methyl sites for hydroxylation is 1. The number of nitrogens with one attached hydrogen (secondary N) is 1. The van der Waals surface area contributed by atoms with Crippen LogP contribution in [0.5, 0.6) is 0 Å². The minimum Gasteiger partial charge on any atom is -0.379 e. The van der Waals surface area contributed by atoms with Crippen LogP contribution < -0.4 is 5.32 Å². The lowest BCUT2D eigenvalue weighted by Crippen LogP contribution is -2.24. The maximum absolute atomic E-state index is 5.49. The molecule has 0 saturated heterocycles. The fourth-order valence-corrected chi connectivity index (χ4v) is 2.23. The predicted octanol–water partition coefficient (Wildman–Crippen LogP) is 3.18. The van der Waals surface area contributed by atoms with E-state index >= 15 is 0 Å². The predicted molar refractivity (Wildman–Crippen MR) is 80.4 cm³/mol. The van der Waals surface area contributed by atoms with Crippen molar-refractivity contribution in [3.05, 3.63) is 36.0 Å². The standard InChI is InChI=1S/C16H24N2O/c1-16(2,19-4)8-10-18-9-7-14-6-5-13(12-17-3)11-15(14)18/h5-7,9,11,17H,8,10,12H2,1-4H3. The lowest BCUT2D eigenvalue weighted by Gasteiger charge is -2.23. The summed E-state index contributed by atoms with van der Waals surface area (Å²) in [5.74, 6) is 0. The van der Waals surface area contributed by atoms with Crippen LogP contribution in [0, 0.1) is 0 Å². The van der Waals surface area contributed by atoms with Crippen molar-refractivity contribution in [3.8, 4) is 0 Å². The van der Waals surface area contributed by atoms with Crippen molar-refractivity contribution in [2.75, 3.05) is 14.2 Å². The zero-order chi connectivity index (χ0) is 13.9. The summed E-state index contributed by atoms with van der Waals surface area (Å²) < 4.78 is 7.80. The molecule has 0 amide bonds. The molecule has 1 aromatic carbocycles. The minimum absolute atomic E-state index is 0.0703. The van der Waals surface area contributed by atoms with Gasteiger partial charge in [0.15, 0.2) is 0 Å². The first-order valence-electron chi connectivity index (χ1n) is 6.83. The molecular weight excluding hydrogens is 236 g/mol. The highest BCUT2D eigenvalue weighted by molar-refractivity contribution is 5.80. The molecule has 0 unspecified atom stereocenters. The van der Waals surface area contributed by atoms with Gasteiger partial charge in [-0.3, -0.25) is 0 Å². The summed E-state index contributed by atoms with van der Waals surface area (Å²) in [6, 6.07) is 8.83. The monoisotopic (exact) mass is 260 g/mol. The number of fused-ring (bicyclic) bond motifs is 1. The third-order valence-corrected chi connectivity index (χ3v) is 3.73. The van der Waals surface area contributed by atoms with Gasteiger partial charge in [-0.15, -0.1) is 0 Å². The molecule has 104 valence electrons. The quantitative estimate of drug-likeness (QED) is 0.863. The largest absolute Gasteiger partial charge is 0.379 e. The molecule has 0 fully saturated rings. The van der Waals surface area contributed by atoms with Crippen molar-refractivity contribution in [3.63, 3.8) is 0 Å². The normalized spacial score (nSPS) is 12.2. The molecule has 0 spiro atoms. The summed E-state index contributed by atoms with van der Waals surface area (Å²) >= 11 is 0. The van der Waals surface area contributed by atoms with E-state index in [0.29, 0.717) is 0 Å². The maximum atomic E-state index is 5.49. The number of rotatable bonds is 6. The molecule has 0 radical (unpaired) electrons. The molecule has 19 heavy (non-hydrogen) atoms. The molecule has 3 nitrogen and oxygen atoms in total. The SMILES string of the molecule is CNCc1ccc2ccn(CCC(C)(C)OC)c2c1. The fraction of sp³-hybridized carbons (Fsp3) is 0.500. The van der Waals surface area contributed by atoms with E-state index in [1.165, 1.54) is 16.5 Å². The Morgan fingerprint density at radius 1 is 1.26 bits per heavy atom. The highest BCUT2D eigenvalue weighted by Gasteiger charge is 2.16. The van der Waals surface area contributed by atoms with E-state index in [1.807, 2.05) is 7.05 Å². The maximum Gasteiger partial charge on any atom is 0.0639 e. The van der Waals surface area contributed by atoms with Gasteiger partial charge in [0.2, 0.25) is 0 Å². The summed E-state index contributed by atoms with van der Waals surface area (Å²) in [5, 5.41) is 4.50. The Morgan fingerprint density at radius 3 is 2.74 bits per heavy atom. The molecule has 1 aromatic heterocycles. The van der Waals surface area contributed by atoms with E-state index in [1.54, 1.807) is 7.11 Å². The molecule has 3 heteroatoms. The molecule has 0 aliphatic rings. The van der Waals surface area contributed by atoms with Gasteiger partial charge >= 0.3 is 0 Å². The number of ether oxygens (including phenoxy) is 1. The molecular formula is C16H24N2O. The van der Waals surface area contributed by atoms with Crippen molar-refractivity contribution < 1.29 is 4.74 Å². The Morgan fingerprint density at radius 2 is 2.05 bits per heavy atom. The lowest BCUT2D eigenvalue weighted by molar-refractivity contribution is 0.0123. The van der Waals surface area contributed by atoms with Crippen LogP contribution in [0.1, 0.15) is 25.8 Å². The highest BCUT2D eigenvalue weighted by Crippen LogP contribution is 2.21. The van der Waals surface area contributed by atoms with E-state index in [4.69, 9.17) is 4.74 Å². The van der Waals surface area contributed by atoms with Gasteiger partial charge in [0.25, 0.3) is 0 Å². The van der Waals surface area contributed by atoms with E-state index in [9.17, 15) is 0 Å². The minimum atomic E-state index is -0.0703. The molecule has 0 aliphatic carbocycles. The van der Waals surface area contributed by atoms with Crippen LogP contribution in [-0.4, -0.2) is 24.3 Å². The van der Waals surface area contributed by atoms with E-state index in [0.717, 1.165) is 19.5 Å². The van der Waals surface area contributed by atoms with Gasteiger partial charge in [0.05, 0.1) is 5.60 Å². The van der Waals surface area contributed by atoms with Crippen LogP contribution in [-0.2, 0) is 17.8 Å². The van der Waals surface area contributed by atoms with Gasteiger partial charge in [-0.05, 0) is 50.4 Å². The van der Waals surface area contributed by atoms with Crippen LogP contribution in [0.3, 0.4) is 0 Å². The number of aromatic nitrogens is 1. The van der Waals surface area contributed by atoms with Gasteiger partial charge < -0.3 is 14.6 Å². The third kappa shape index (κ3) is 3.37. The molecule has 1 N–H and O–H groups in total. The third-order valence-electron chi connectivity index (χ3n) is 3.73. The second kappa shape index (κ2) is 5.76. The summed E-state index contributed by atoms with van der Waals surface area (Å²) in [5.41, 5.74) is 2.56. The van der Waals surface area contributed by atoms with E-state index in [-0.39, 0.29) is 5.60 Å². The summed E-state index contributed by atoms with van der Waals surface area (Å²) in [7, 11) is 3.75. The zero-order valence-electron chi connectivity index (χ0n) is 12.4. The van der Waals surface area contributed by atoms with Crippen LogP contribution in [0.4, 0.5) is 0 Å². The molecule has 2 aromatic rings. The average molecular weight is 260 g/mol. The number of methoxy groups -OCH3 is 1. The first kappa shape index (κ1) is 14.1. The van der Waals surface area contributed by atoms with E-state index in [2.05, 4.69) is 54.2 Å².